The summed E-state index contributed by atoms with van der Waals surface area (Å²) < 4.78 is 10.8. The smallest absolute Gasteiger partial charge is 0.262 e. The van der Waals surface area contributed by atoms with Gasteiger partial charge in [-0.3, -0.25) is 9.59 Å². The Bertz CT molecular complexity index is 966. The molecule has 0 fully saturated rings. The summed E-state index contributed by atoms with van der Waals surface area (Å²) >= 11 is 0. The SMILES string of the molecule is COc1cc(C(C)=O)ccc1OCC(=O)Nc1ccc(-c2ccccc2)cc1. The number of ketones is 1. The molecule has 3 aromatic carbocycles. The van der Waals surface area contributed by atoms with Gasteiger partial charge in [-0.2, -0.15) is 0 Å². The number of carbonyl (C=O) groups is 2. The molecule has 0 atom stereocenters. The maximum atomic E-state index is 12.2. The molecule has 0 aliphatic heterocycles. The van der Waals surface area contributed by atoms with Crippen molar-refractivity contribution in [3.8, 4) is 22.6 Å². The minimum atomic E-state index is -0.287. The van der Waals surface area contributed by atoms with E-state index in [4.69, 9.17) is 9.47 Å². The number of rotatable bonds is 7. The fourth-order valence-corrected chi connectivity index (χ4v) is 2.72. The molecule has 3 rings (SSSR count). The van der Waals surface area contributed by atoms with Crippen LogP contribution in [-0.2, 0) is 4.79 Å². The van der Waals surface area contributed by atoms with Gasteiger partial charge in [0.15, 0.2) is 23.9 Å². The third kappa shape index (κ3) is 4.76. The van der Waals surface area contributed by atoms with Crippen LogP contribution in [0, 0.1) is 0 Å². The largest absolute Gasteiger partial charge is 0.493 e. The number of anilines is 1. The summed E-state index contributed by atoms with van der Waals surface area (Å²) in [5, 5.41) is 2.80. The van der Waals surface area contributed by atoms with Gasteiger partial charge in [-0.15, -0.1) is 0 Å². The van der Waals surface area contributed by atoms with Crippen molar-refractivity contribution in [3.05, 3.63) is 78.4 Å². The molecule has 0 radical (unpaired) electrons. The lowest BCUT2D eigenvalue weighted by atomic mass is 10.1. The van der Waals surface area contributed by atoms with Gasteiger partial charge < -0.3 is 14.8 Å². The summed E-state index contributed by atoms with van der Waals surface area (Å²) in [6.45, 7) is 1.31. The Hall–Kier alpha value is -3.60. The van der Waals surface area contributed by atoms with Crippen LogP contribution in [0.4, 0.5) is 5.69 Å². The van der Waals surface area contributed by atoms with E-state index < -0.39 is 0 Å². The summed E-state index contributed by atoms with van der Waals surface area (Å²) in [7, 11) is 1.49. The third-order valence-corrected chi connectivity index (χ3v) is 4.20. The first-order chi connectivity index (χ1) is 13.6. The van der Waals surface area contributed by atoms with E-state index in [9.17, 15) is 9.59 Å². The predicted molar refractivity (Wildman–Crippen MR) is 109 cm³/mol. The average molecular weight is 375 g/mol. The van der Waals surface area contributed by atoms with E-state index in [2.05, 4.69) is 5.32 Å². The van der Waals surface area contributed by atoms with Gasteiger partial charge in [-0.05, 0) is 48.4 Å². The van der Waals surface area contributed by atoms with Gasteiger partial charge in [0, 0.05) is 11.3 Å². The first-order valence-electron chi connectivity index (χ1n) is 8.84. The molecular weight excluding hydrogens is 354 g/mol. The molecule has 0 aromatic heterocycles. The number of Topliss-reactive ketones (excluding diaryl/α,β-unsaturated/α-hetero) is 1. The van der Waals surface area contributed by atoms with E-state index in [1.54, 1.807) is 18.2 Å². The molecule has 0 bridgehead atoms. The van der Waals surface area contributed by atoms with Crippen LogP contribution in [0.15, 0.2) is 72.8 Å². The maximum absolute atomic E-state index is 12.2. The Kier molecular flexibility index (Phi) is 6.07. The first-order valence-corrected chi connectivity index (χ1v) is 8.84. The summed E-state index contributed by atoms with van der Waals surface area (Å²) in [6, 6.07) is 22.5. The Morgan fingerprint density at radius 1 is 0.857 bits per heavy atom. The highest BCUT2D eigenvalue weighted by atomic mass is 16.5. The summed E-state index contributed by atoms with van der Waals surface area (Å²) in [4.78, 5) is 23.6. The second kappa shape index (κ2) is 8.86. The van der Waals surface area contributed by atoms with E-state index >= 15 is 0 Å². The number of amides is 1. The molecule has 28 heavy (non-hydrogen) atoms. The van der Waals surface area contributed by atoms with Crippen LogP contribution in [0.2, 0.25) is 0 Å². The lowest BCUT2D eigenvalue weighted by molar-refractivity contribution is -0.118. The Labute approximate surface area is 163 Å². The number of ether oxygens (including phenoxy) is 2. The van der Waals surface area contributed by atoms with Crippen LogP contribution < -0.4 is 14.8 Å². The summed E-state index contributed by atoms with van der Waals surface area (Å²) in [6.07, 6.45) is 0. The second-order valence-electron chi connectivity index (χ2n) is 6.20. The molecule has 1 N–H and O–H groups in total. The van der Waals surface area contributed by atoms with Gasteiger partial charge in [-0.25, -0.2) is 0 Å². The molecule has 0 saturated carbocycles. The molecule has 1 amide bonds. The monoisotopic (exact) mass is 375 g/mol. The molecular formula is C23H21NO4. The predicted octanol–water partition coefficient (Wildman–Crippen LogP) is 4.58. The van der Waals surface area contributed by atoms with Crippen molar-refractivity contribution in [2.24, 2.45) is 0 Å². The zero-order valence-corrected chi connectivity index (χ0v) is 15.8. The number of methoxy groups -OCH3 is 1. The molecule has 0 aliphatic carbocycles. The molecule has 3 aromatic rings. The molecule has 0 spiro atoms. The Morgan fingerprint density at radius 2 is 1.54 bits per heavy atom. The summed E-state index contributed by atoms with van der Waals surface area (Å²) in [5.41, 5.74) is 3.40. The minimum Gasteiger partial charge on any atom is -0.493 e. The van der Waals surface area contributed by atoms with Crippen molar-refractivity contribution >= 4 is 17.4 Å². The van der Waals surface area contributed by atoms with Crippen LogP contribution in [0.25, 0.3) is 11.1 Å². The van der Waals surface area contributed by atoms with Crippen LogP contribution in [0.1, 0.15) is 17.3 Å². The molecule has 5 nitrogen and oxygen atoms in total. The molecule has 0 saturated heterocycles. The van der Waals surface area contributed by atoms with Gasteiger partial charge in [0.25, 0.3) is 5.91 Å². The Balaban J connectivity index is 1.59. The highest BCUT2D eigenvalue weighted by molar-refractivity contribution is 5.95. The average Bonchev–Trinajstić information content (AvgIpc) is 2.73. The van der Waals surface area contributed by atoms with Crippen LogP contribution in [-0.4, -0.2) is 25.4 Å². The highest BCUT2D eigenvalue weighted by Crippen LogP contribution is 2.28. The van der Waals surface area contributed by atoms with Crippen molar-refractivity contribution in [1.82, 2.24) is 0 Å². The van der Waals surface area contributed by atoms with Crippen molar-refractivity contribution < 1.29 is 19.1 Å². The number of carbonyl (C=O) groups excluding carboxylic acids is 2. The van der Waals surface area contributed by atoms with Crippen molar-refractivity contribution in [2.45, 2.75) is 6.92 Å². The zero-order chi connectivity index (χ0) is 19.9. The van der Waals surface area contributed by atoms with Gasteiger partial charge in [0.1, 0.15) is 0 Å². The number of hydrogen-bond donors (Lipinski definition) is 1. The van der Waals surface area contributed by atoms with Crippen molar-refractivity contribution in [1.29, 1.82) is 0 Å². The van der Waals surface area contributed by atoms with Crippen LogP contribution in [0.5, 0.6) is 11.5 Å². The fraction of sp³-hybridized carbons (Fsp3) is 0.130. The van der Waals surface area contributed by atoms with Gasteiger partial charge in [0.2, 0.25) is 0 Å². The second-order valence-corrected chi connectivity index (χ2v) is 6.20. The maximum Gasteiger partial charge on any atom is 0.262 e. The lowest BCUT2D eigenvalue weighted by Gasteiger charge is -2.12. The molecule has 5 heteroatoms. The summed E-state index contributed by atoms with van der Waals surface area (Å²) in [5.74, 6) is 0.460. The minimum absolute atomic E-state index is 0.0680. The number of hydrogen-bond acceptors (Lipinski definition) is 4. The third-order valence-electron chi connectivity index (χ3n) is 4.20. The Morgan fingerprint density at radius 3 is 2.18 bits per heavy atom. The topological polar surface area (TPSA) is 64.6 Å². The normalized spacial score (nSPS) is 10.2. The molecule has 0 heterocycles. The van der Waals surface area contributed by atoms with E-state index in [1.165, 1.54) is 14.0 Å². The highest BCUT2D eigenvalue weighted by Gasteiger charge is 2.11. The first kappa shape index (κ1) is 19.2. The standard InChI is InChI=1S/C23H21NO4/c1-16(25)19-10-13-21(22(14-19)27-2)28-15-23(26)24-20-11-8-18(9-12-20)17-6-4-3-5-7-17/h3-14H,15H2,1-2H3,(H,24,26). The van der Waals surface area contributed by atoms with E-state index in [1.807, 2.05) is 54.6 Å². The number of nitrogens with one attached hydrogen (secondary N) is 1. The fourth-order valence-electron chi connectivity index (χ4n) is 2.72. The van der Waals surface area contributed by atoms with Crippen molar-refractivity contribution in [2.75, 3.05) is 19.0 Å². The van der Waals surface area contributed by atoms with E-state index in [-0.39, 0.29) is 18.3 Å². The molecule has 0 aliphatic rings. The van der Waals surface area contributed by atoms with Crippen LogP contribution >= 0.6 is 0 Å². The number of benzene rings is 3. The van der Waals surface area contributed by atoms with Gasteiger partial charge >= 0.3 is 0 Å². The van der Waals surface area contributed by atoms with E-state index in [0.29, 0.717) is 22.7 Å². The quantitative estimate of drug-likeness (QED) is 0.614. The van der Waals surface area contributed by atoms with Crippen LogP contribution in [0.3, 0.4) is 0 Å². The van der Waals surface area contributed by atoms with E-state index in [0.717, 1.165) is 11.1 Å². The zero-order valence-electron chi connectivity index (χ0n) is 15.8. The lowest BCUT2D eigenvalue weighted by Crippen LogP contribution is -2.20. The van der Waals surface area contributed by atoms with Crippen molar-refractivity contribution in [3.63, 3.8) is 0 Å². The van der Waals surface area contributed by atoms with Gasteiger partial charge in [-0.1, -0.05) is 42.5 Å². The molecule has 142 valence electrons. The van der Waals surface area contributed by atoms with Gasteiger partial charge in [0.05, 0.1) is 7.11 Å². The molecule has 0 unspecified atom stereocenters.